The highest BCUT2D eigenvalue weighted by Crippen LogP contribution is 2.34. The molecule has 2 heterocycles. The van der Waals surface area contributed by atoms with Crippen LogP contribution in [0.3, 0.4) is 0 Å². The summed E-state index contributed by atoms with van der Waals surface area (Å²) in [5.74, 6) is 0. The van der Waals surface area contributed by atoms with Crippen molar-refractivity contribution < 1.29 is 0 Å². The monoisotopic (exact) mass is 240 g/mol. The number of nitrogens with zero attached hydrogens (tertiary/aromatic N) is 1. The zero-order chi connectivity index (χ0) is 12.3. The summed E-state index contributed by atoms with van der Waals surface area (Å²) >= 11 is 1.77. The van der Waals surface area contributed by atoms with E-state index in [1.807, 2.05) is 13.8 Å². The Labute approximate surface area is 103 Å². The van der Waals surface area contributed by atoms with Gasteiger partial charge in [0, 0.05) is 24.0 Å². The second-order valence-electron chi connectivity index (χ2n) is 4.31. The van der Waals surface area contributed by atoms with Gasteiger partial charge in [-0.3, -0.25) is 4.90 Å². The third-order valence-corrected chi connectivity index (χ3v) is 4.27. The van der Waals surface area contributed by atoms with E-state index in [2.05, 4.69) is 25.7 Å². The first kappa shape index (κ1) is 13.5. The minimum Gasteiger partial charge on any atom is -0.390 e. The quantitative estimate of drug-likeness (QED) is 0.815. The molecule has 0 fully saturated rings. The zero-order valence-electron chi connectivity index (χ0n) is 11.1. The maximum Gasteiger partial charge on any atom is 0.0892 e. The topological polar surface area (TPSA) is 29.3 Å². The molecule has 0 atom stereocenters. The molecule has 16 heavy (non-hydrogen) atoms. The van der Waals surface area contributed by atoms with E-state index in [9.17, 15) is 0 Å². The van der Waals surface area contributed by atoms with Gasteiger partial charge in [0.05, 0.1) is 5.00 Å². The number of hydrogen-bond donors (Lipinski definition) is 1. The van der Waals surface area contributed by atoms with Gasteiger partial charge in [-0.1, -0.05) is 13.8 Å². The van der Waals surface area contributed by atoms with Crippen LogP contribution in [0.15, 0.2) is 0 Å². The van der Waals surface area contributed by atoms with E-state index >= 15 is 0 Å². The summed E-state index contributed by atoms with van der Waals surface area (Å²) < 4.78 is 0. The summed E-state index contributed by atoms with van der Waals surface area (Å²) in [6.45, 7) is 12.9. The molecule has 0 bridgehead atoms. The lowest BCUT2D eigenvalue weighted by atomic mass is 10.0. The molecule has 3 heteroatoms. The van der Waals surface area contributed by atoms with Crippen LogP contribution in [0.2, 0.25) is 0 Å². The van der Waals surface area contributed by atoms with Crippen LogP contribution >= 0.6 is 11.3 Å². The molecule has 0 amide bonds. The van der Waals surface area contributed by atoms with Crippen LogP contribution in [0.1, 0.15) is 43.7 Å². The fourth-order valence-corrected chi connectivity index (χ4v) is 3.19. The van der Waals surface area contributed by atoms with Crippen LogP contribution in [0, 0.1) is 6.92 Å². The van der Waals surface area contributed by atoms with Gasteiger partial charge in [-0.15, -0.1) is 11.3 Å². The molecule has 0 radical (unpaired) electrons. The molecular formula is C13H24N2S. The van der Waals surface area contributed by atoms with Crippen molar-refractivity contribution in [2.75, 3.05) is 12.3 Å². The molecule has 92 valence electrons. The van der Waals surface area contributed by atoms with Crippen LogP contribution < -0.4 is 5.73 Å². The van der Waals surface area contributed by atoms with Crippen LogP contribution in [0.25, 0.3) is 0 Å². The fourth-order valence-electron chi connectivity index (χ4n) is 2.04. The van der Waals surface area contributed by atoms with Gasteiger partial charge in [0.15, 0.2) is 0 Å². The van der Waals surface area contributed by atoms with E-state index in [0.717, 1.165) is 11.5 Å². The number of rotatable bonds is 1. The van der Waals surface area contributed by atoms with Crippen LogP contribution in [-0.4, -0.2) is 17.5 Å². The Morgan fingerprint density at radius 2 is 1.94 bits per heavy atom. The van der Waals surface area contributed by atoms with E-state index < -0.39 is 0 Å². The second-order valence-corrected chi connectivity index (χ2v) is 5.44. The number of fused-ring (bicyclic) bond motifs is 1. The summed E-state index contributed by atoms with van der Waals surface area (Å²) in [7, 11) is 0. The highest BCUT2D eigenvalue weighted by molar-refractivity contribution is 7.16. The zero-order valence-corrected chi connectivity index (χ0v) is 11.9. The Bertz CT molecular complexity index is 342. The van der Waals surface area contributed by atoms with E-state index in [-0.39, 0.29) is 0 Å². The smallest absolute Gasteiger partial charge is 0.0892 e. The lowest BCUT2D eigenvalue weighted by Crippen LogP contribution is -2.35. The van der Waals surface area contributed by atoms with Gasteiger partial charge in [-0.2, -0.15) is 0 Å². The Balaban J connectivity index is 0.000000606. The summed E-state index contributed by atoms with van der Waals surface area (Å²) in [6, 6.07) is 0.645. The van der Waals surface area contributed by atoms with Crippen molar-refractivity contribution in [1.29, 1.82) is 0 Å². The highest BCUT2D eigenvalue weighted by Gasteiger charge is 2.22. The number of hydrogen-bond acceptors (Lipinski definition) is 3. The maximum atomic E-state index is 5.94. The molecule has 0 saturated heterocycles. The lowest BCUT2D eigenvalue weighted by molar-refractivity contribution is 0.206. The SMILES string of the molecule is CC.Cc1c(N)sc2c1CCN(C(C)C)C2. The van der Waals surface area contributed by atoms with E-state index in [4.69, 9.17) is 5.73 Å². The predicted molar refractivity (Wildman–Crippen MR) is 74.1 cm³/mol. The van der Waals surface area contributed by atoms with E-state index in [1.165, 1.54) is 29.0 Å². The van der Waals surface area contributed by atoms with Crippen molar-refractivity contribution in [3.63, 3.8) is 0 Å². The Kier molecular flexibility index (Phi) is 4.81. The minimum absolute atomic E-state index is 0.645. The fraction of sp³-hybridized carbons (Fsp3) is 0.692. The molecule has 0 aliphatic carbocycles. The van der Waals surface area contributed by atoms with Gasteiger partial charge in [0.25, 0.3) is 0 Å². The Morgan fingerprint density at radius 1 is 1.31 bits per heavy atom. The molecular weight excluding hydrogens is 216 g/mol. The minimum atomic E-state index is 0.645. The van der Waals surface area contributed by atoms with Crippen LogP contribution in [0.4, 0.5) is 5.00 Å². The van der Waals surface area contributed by atoms with Gasteiger partial charge >= 0.3 is 0 Å². The average Bonchev–Trinajstić information content (AvgIpc) is 2.57. The molecule has 2 N–H and O–H groups in total. The summed E-state index contributed by atoms with van der Waals surface area (Å²) in [5, 5.41) is 1.01. The van der Waals surface area contributed by atoms with Crippen molar-refractivity contribution in [2.24, 2.45) is 0 Å². The van der Waals surface area contributed by atoms with Gasteiger partial charge in [0.2, 0.25) is 0 Å². The molecule has 0 spiro atoms. The summed E-state index contributed by atoms with van der Waals surface area (Å²) in [5.41, 5.74) is 8.79. The van der Waals surface area contributed by atoms with Crippen molar-refractivity contribution in [1.82, 2.24) is 4.90 Å². The van der Waals surface area contributed by atoms with Gasteiger partial charge in [0.1, 0.15) is 0 Å². The third kappa shape index (κ3) is 2.58. The van der Waals surface area contributed by atoms with Gasteiger partial charge in [-0.05, 0) is 38.3 Å². The van der Waals surface area contributed by atoms with Crippen molar-refractivity contribution in [3.8, 4) is 0 Å². The molecule has 0 aromatic carbocycles. The van der Waals surface area contributed by atoms with Crippen molar-refractivity contribution in [3.05, 3.63) is 16.0 Å². The number of anilines is 1. The second kappa shape index (κ2) is 5.69. The largest absolute Gasteiger partial charge is 0.390 e. The average molecular weight is 240 g/mol. The number of thiophene rings is 1. The molecule has 1 aliphatic heterocycles. The number of nitrogen functional groups attached to an aromatic ring is 1. The van der Waals surface area contributed by atoms with Gasteiger partial charge in [-0.25, -0.2) is 0 Å². The third-order valence-electron chi connectivity index (χ3n) is 3.12. The summed E-state index contributed by atoms with van der Waals surface area (Å²) in [4.78, 5) is 4.00. The Hall–Kier alpha value is -0.540. The summed E-state index contributed by atoms with van der Waals surface area (Å²) in [6.07, 6.45) is 1.17. The molecule has 2 nitrogen and oxygen atoms in total. The first-order valence-corrected chi connectivity index (χ1v) is 7.02. The standard InChI is InChI=1S/C11H18N2S.C2H6/c1-7(2)13-5-4-9-8(3)11(12)14-10(9)6-13;1-2/h7H,4-6,12H2,1-3H3;1-2H3. The highest BCUT2D eigenvalue weighted by atomic mass is 32.1. The van der Waals surface area contributed by atoms with Crippen LogP contribution in [0.5, 0.6) is 0 Å². The predicted octanol–water partition coefficient (Wildman–Crippen LogP) is 3.43. The van der Waals surface area contributed by atoms with Crippen LogP contribution in [-0.2, 0) is 13.0 Å². The molecule has 1 aliphatic rings. The van der Waals surface area contributed by atoms with E-state index in [0.29, 0.717) is 6.04 Å². The first-order chi connectivity index (χ1) is 7.59. The van der Waals surface area contributed by atoms with Crippen molar-refractivity contribution in [2.45, 2.75) is 53.6 Å². The molecule has 1 aromatic rings. The maximum absolute atomic E-state index is 5.94. The Morgan fingerprint density at radius 3 is 2.50 bits per heavy atom. The van der Waals surface area contributed by atoms with Gasteiger partial charge < -0.3 is 5.73 Å². The number of nitrogens with two attached hydrogens (primary N) is 1. The molecule has 1 aromatic heterocycles. The lowest BCUT2D eigenvalue weighted by Gasteiger charge is -2.30. The molecule has 0 unspecified atom stereocenters. The van der Waals surface area contributed by atoms with E-state index in [1.54, 1.807) is 11.3 Å². The molecule has 2 rings (SSSR count). The van der Waals surface area contributed by atoms with Crippen molar-refractivity contribution >= 4 is 16.3 Å². The normalized spacial score (nSPS) is 15.6. The first-order valence-electron chi connectivity index (χ1n) is 6.20. The molecule has 0 saturated carbocycles.